The molecule has 3 saturated heterocycles. The Balaban J connectivity index is 0.000000318. The lowest BCUT2D eigenvalue weighted by molar-refractivity contribution is -0.192. The van der Waals surface area contributed by atoms with E-state index in [-0.39, 0.29) is 11.8 Å². The molecule has 1 aromatic rings. The molecule has 1 amide bonds. The average molecular weight is 451 g/mol. The Kier molecular flexibility index (Phi) is 7.66. The predicted molar refractivity (Wildman–Crippen MR) is 99.3 cm³/mol. The molecule has 168 valence electrons. The highest BCUT2D eigenvalue weighted by Gasteiger charge is 2.40. The number of hydroxylamine groups is 2. The zero-order valence-corrected chi connectivity index (χ0v) is 17.0. The number of aromatic nitrogens is 1. The van der Waals surface area contributed by atoms with E-state index in [0.717, 1.165) is 45.4 Å². The number of amides is 1. The van der Waals surface area contributed by atoms with E-state index in [2.05, 4.69) is 9.88 Å². The zero-order chi connectivity index (χ0) is 21.7. The molecule has 3 atom stereocenters. The maximum absolute atomic E-state index is 12.5. The Hall–Kier alpha value is -1.76. The zero-order valence-electron chi connectivity index (χ0n) is 16.2. The van der Waals surface area contributed by atoms with Gasteiger partial charge >= 0.3 is 12.1 Å². The third-order valence-corrected chi connectivity index (χ3v) is 6.04. The summed E-state index contributed by atoms with van der Waals surface area (Å²) in [6.07, 6.45) is -0.00520. The van der Waals surface area contributed by atoms with Crippen LogP contribution >= 0.6 is 11.3 Å². The molecule has 3 aliphatic rings. The van der Waals surface area contributed by atoms with E-state index in [9.17, 15) is 18.0 Å². The Bertz CT molecular complexity index is 712. The van der Waals surface area contributed by atoms with E-state index in [0.29, 0.717) is 25.2 Å². The largest absolute Gasteiger partial charge is 0.490 e. The molecule has 0 aromatic carbocycles. The van der Waals surface area contributed by atoms with Crippen molar-refractivity contribution in [3.63, 3.8) is 0 Å². The number of alkyl halides is 3. The van der Waals surface area contributed by atoms with Crippen molar-refractivity contribution in [1.82, 2.24) is 14.9 Å². The van der Waals surface area contributed by atoms with Gasteiger partial charge in [0.1, 0.15) is 5.01 Å². The molecule has 3 aliphatic heterocycles. The number of aliphatic carboxylic acids is 1. The molecule has 30 heavy (non-hydrogen) atoms. The number of ether oxygens (including phenoxy) is 1. The Morgan fingerprint density at radius 3 is 2.70 bits per heavy atom. The molecule has 4 heterocycles. The van der Waals surface area contributed by atoms with Crippen LogP contribution in [0.1, 0.15) is 24.3 Å². The monoisotopic (exact) mass is 451 g/mol. The van der Waals surface area contributed by atoms with E-state index >= 15 is 0 Å². The minimum Gasteiger partial charge on any atom is -0.475 e. The summed E-state index contributed by atoms with van der Waals surface area (Å²) >= 11 is 1.71. The van der Waals surface area contributed by atoms with Crippen molar-refractivity contribution < 1.29 is 37.4 Å². The van der Waals surface area contributed by atoms with Crippen molar-refractivity contribution in [2.24, 2.45) is 11.8 Å². The van der Waals surface area contributed by atoms with Gasteiger partial charge in [0.15, 0.2) is 0 Å². The number of thiazole rings is 1. The summed E-state index contributed by atoms with van der Waals surface area (Å²) < 4.78 is 37.8. The minimum atomic E-state index is -5.08. The lowest BCUT2D eigenvalue weighted by Gasteiger charge is -2.43. The number of nitrogens with zero attached hydrogens (tertiary/aromatic N) is 3. The second-order valence-corrected chi connectivity index (χ2v) is 8.42. The Morgan fingerprint density at radius 2 is 2.10 bits per heavy atom. The van der Waals surface area contributed by atoms with Gasteiger partial charge in [-0.25, -0.2) is 14.8 Å². The highest BCUT2D eigenvalue weighted by Crippen LogP contribution is 2.33. The summed E-state index contributed by atoms with van der Waals surface area (Å²) in [5.41, 5.74) is 0. The molecular weight excluding hydrogens is 427 g/mol. The molecule has 12 heteroatoms. The highest BCUT2D eigenvalue weighted by atomic mass is 32.1. The molecule has 0 bridgehead atoms. The van der Waals surface area contributed by atoms with Gasteiger partial charge in [0, 0.05) is 24.7 Å². The molecule has 4 rings (SSSR count). The molecule has 3 fully saturated rings. The van der Waals surface area contributed by atoms with Crippen LogP contribution in [0.25, 0.3) is 0 Å². The number of fused-ring (bicyclic) bond motifs is 1. The standard InChI is InChI=1S/C16H23N3O3S.C2HF3O2/c20-16(19-4-1-6-22-19)13-8-12-9-18(5-2-14(12)21-11-13)10-15-17-3-7-23-15;3-2(4,5)1(6)7/h3,7,12-14H,1-2,4-6,8-11H2;(H,6,7)/t12-,13-,14+;/m0./s1. The number of carbonyl (C=O) groups excluding carboxylic acids is 1. The van der Waals surface area contributed by atoms with Gasteiger partial charge in [0.05, 0.1) is 38.3 Å². The van der Waals surface area contributed by atoms with E-state index < -0.39 is 12.1 Å². The van der Waals surface area contributed by atoms with Crippen LogP contribution < -0.4 is 0 Å². The van der Waals surface area contributed by atoms with Crippen LogP contribution in [-0.4, -0.2) is 77.1 Å². The molecule has 0 radical (unpaired) electrons. The molecule has 0 spiro atoms. The van der Waals surface area contributed by atoms with Crippen LogP contribution in [0.5, 0.6) is 0 Å². The second-order valence-electron chi connectivity index (χ2n) is 7.44. The van der Waals surface area contributed by atoms with Crippen molar-refractivity contribution in [2.45, 2.75) is 38.1 Å². The molecule has 1 N–H and O–H groups in total. The third-order valence-electron chi connectivity index (χ3n) is 5.28. The van der Waals surface area contributed by atoms with E-state index in [4.69, 9.17) is 19.5 Å². The predicted octanol–water partition coefficient (Wildman–Crippen LogP) is 2.17. The van der Waals surface area contributed by atoms with Crippen molar-refractivity contribution in [1.29, 1.82) is 0 Å². The SMILES string of the molecule is O=C(O)C(F)(F)F.O=C([C@@H]1CO[C@@H]2CCN(Cc3nccs3)C[C@@H]2C1)N1CCCO1. The van der Waals surface area contributed by atoms with Crippen LogP contribution in [0.15, 0.2) is 11.6 Å². The highest BCUT2D eigenvalue weighted by molar-refractivity contribution is 7.09. The van der Waals surface area contributed by atoms with Gasteiger partial charge in [-0.3, -0.25) is 14.5 Å². The number of piperidine rings is 1. The topological polar surface area (TPSA) is 92.2 Å². The second kappa shape index (κ2) is 10.0. The number of hydrogen-bond donors (Lipinski definition) is 1. The number of rotatable bonds is 3. The number of likely N-dealkylation sites (tertiary alicyclic amines) is 1. The van der Waals surface area contributed by atoms with Gasteiger partial charge in [-0.05, 0) is 25.2 Å². The average Bonchev–Trinajstić information content (AvgIpc) is 3.41. The Morgan fingerprint density at radius 1 is 1.33 bits per heavy atom. The van der Waals surface area contributed by atoms with Gasteiger partial charge in [-0.2, -0.15) is 13.2 Å². The quantitative estimate of drug-likeness (QED) is 0.753. The molecule has 0 unspecified atom stereocenters. The minimum absolute atomic E-state index is 0.0471. The fourth-order valence-electron chi connectivity index (χ4n) is 3.87. The smallest absolute Gasteiger partial charge is 0.475 e. The maximum Gasteiger partial charge on any atom is 0.490 e. The van der Waals surface area contributed by atoms with E-state index in [1.165, 1.54) is 5.01 Å². The molecular formula is C18H24F3N3O5S. The summed E-state index contributed by atoms with van der Waals surface area (Å²) in [6, 6.07) is 0. The van der Waals surface area contributed by atoms with Crippen LogP contribution in [0.3, 0.4) is 0 Å². The number of hydrogen-bond acceptors (Lipinski definition) is 7. The summed E-state index contributed by atoms with van der Waals surface area (Å²) in [7, 11) is 0. The van der Waals surface area contributed by atoms with Gasteiger partial charge in [0.2, 0.25) is 0 Å². The first kappa shape index (κ1) is 22.9. The number of carboxylic acid groups (broad SMARTS) is 1. The maximum atomic E-state index is 12.5. The molecule has 8 nitrogen and oxygen atoms in total. The molecule has 1 aromatic heterocycles. The van der Waals surface area contributed by atoms with Crippen molar-refractivity contribution >= 4 is 23.2 Å². The van der Waals surface area contributed by atoms with Crippen LogP contribution in [0.4, 0.5) is 13.2 Å². The summed E-state index contributed by atoms with van der Waals surface area (Å²) in [4.78, 5) is 33.6. The first-order valence-corrected chi connectivity index (χ1v) is 10.6. The number of halogens is 3. The van der Waals surface area contributed by atoms with E-state index in [1.807, 2.05) is 11.6 Å². The van der Waals surface area contributed by atoms with Gasteiger partial charge in [-0.1, -0.05) is 0 Å². The Labute approximate surface area is 175 Å². The van der Waals surface area contributed by atoms with Crippen LogP contribution in [0, 0.1) is 11.8 Å². The lowest BCUT2D eigenvalue weighted by atomic mass is 9.83. The van der Waals surface area contributed by atoms with Gasteiger partial charge in [-0.15, -0.1) is 11.3 Å². The molecule has 0 aliphatic carbocycles. The fourth-order valence-corrected chi connectivity index (χ4v) is 4.53. The normalized spacial score (nSPS) is 27.2. The first-order chi connectivity index (χ1) is 14.2. The first-order valence-electron chi connectivity index (χ1n) is 9.70. The summed E-state index contributed by atoms with van der Waals surface area (Å²) in [5, 5.41) is 11.9. The van der Waals surface area contributed by atoms with Crippen LogP contribution in [-0.2, 0) is 25.7 Å². The summed E-state index contributed by atoms with van der Waals surface area (Å²) in [5.74, 6) is -2.26. The molecule has 0 saturated carbocycles. The van der Waals surface area contributed by atoms with Crippen molar-refractivity contribution in [2.75, 3.05) is 32.8 Å². The van der Waals surface area contributed by atoms with Gasteiger partial charge < -0.3 is 9.84 Å². The lowest BCUT2D eigenvalue weighted by Crippen LogP contribution is -2.50. The number of carbonyl (C=O) groups is 2. The van der Waals surface area contributed by atoms with Gasteiger partial charge in [0.25, 0.3) is 5.91 Å². The van der Waals surface area contributed by atoms with E-state index in [1.54, 1.807) is 16.4 Å². The summed E-state index contributed by atoms with van der Waals surface area (Å²) in [6.45, 7) is 4.89. The third kappa shape index (κ3) is 6.13. The fraction of sp³-hybridized carbons (Fsp3) is 0.722. The van der Waals surface area contributed by atoms with Crippen molar-refractivity contribution in [3.8, 4) is 0 Å². The van der Waals surface area contributed by atoms with Crippen molar-refractivity contribution in [3.05, 3.63) is 16.6 Å². The van der Waals surface area contributed by atoms with Crippen LogP contribution in [0.2, 0.25) is 0 Å². The number of carboxylic acids is 1.